The lowest BCUT2D eigenvalue weighted by Gasteiger charge is -2.35. The summed E-state index contributed by atoms with van der Waals surface area (Å²) in [6.45, 7) is 4.98. The first kappa shape index (κ1) is 35.3. The number of pyridine rings is 1. The van der Waals surface area contributed by atoms with E-state index in [1.165, 1.54) is 0 Å². The van der Waals surface area contributed by atoms with Gasteiger partial charge in [-0.3, -0.25) is 14.4 Å². The average Bonchev–Trinajstić information content (AvgIpc) is 3.79. The van der Waals surface area contributed by atoms with Crippen LogP contribution in [0.2, 0.25) is 0 Å². The van der Waals surface area contributed by atoms with Crippen molar-refractivity contribution in [2.24, 2.45) is 11.8 Å². The Morgan fingerprint density at radius 2 is 1.70 bits per heavy atom. The van der Waals surface area contributed by atoms with Crippen LogP contribution in [0, 0.1) is 18.8 Å². The molecule has 3 aliphatic rings. The van der Waals surface area contributed by atoms with Gasteiger partial charge in [0.05, 0.1) is 39.0 Å². The lowest BCUT2D eigenvalue weighted by atomic mass is 9.97. The molecule has 50 heavy (non-hydrogen) atoms. The first-order chi connectivity index (χ1) is 24.3. The second-order valence-corrected chi connectivity index (χ2v) is 13.9. The molecule has 1 unspecified atom stereocenters. The quantitative estimate of drug-likeness (QED) is 0.382. The maximum Gasteiger partial charge on any atom is 0.230 e. The summed E-state index contributed by atoms with van der Waals surface area (Å²) >= 11 is 0. The van der Waals surface area contributed by atoms with E-state index in [1.54, 1.807) is 37.2 Å². The van der Waals surface area contributed by atoms with Crippen molar-refractivity contribution in [2.45, 2.75) is 71.3 Å². The van der Waals surface area contributed by atoms with Crippen molar-refractivity contribution in [2.75, 3.05) is 65.5 Å². The van der Waals surface area contributed by atoms with Crippen LogP contribution >= 0.6 is 0 Å². The molecule has 3 amide bonds. The molecule has 1 atom stereocenters. The number of carbonyl (C=O) groups excluding carboxylic acids is 3. The van der Waals surface area contributed by atoms with E-state index in [4.69, 9.17) is 23.7 Å². The Labute approximate surface area is 293 Å². The van der Waals surface area contributed by atoms with Gasteiger partial charge in [-0.05, 0) is 50.5 Å². The summed E-state index contributed by atoms with van der Waals surface area (Å²) in [5.41, 5.74) is 2.21. The normalized spacial score (nSPS) is 19.4. The van der Waals surface area contributed by atoms with Gasteiger partial charge in [-0.15, -0.1) is 0 Å². The Morgan fingerprint density at radius 1 is 0.920 bits per heavy atom. The van der Waals surface area contributed by atoms with Gasteiger partial charge >= 0.3 is 0 Å². The van der Waals surface area contributed by atoms with Crippen molar-refractivity contribution >= 4 is 34.4 Å². The maximum absolute atomic E-state index is 14.1. The monoisotopic (exact) mass is 690 g/mol. The number of hydrogen-bond acceptors (Lipinski definition) is 10. The minimum atomic E-state index is -0.159. The predicted molar refractivity (Wildman–Crippen MR) is 187 cm³/mol. The molecule has 2 aromatic heterocycles. The summed E-state index contributed by atoms with van der Waals surface area (Å²) in [6.07, 6.45) is 7.02. The zero-order valence-corrected chi connectivity index (χ0v) is 29.8. The lowest BCUT2D eigenvalue weighted by Crippen LogP contribution is -2.43. The van der Waals surface area contributed by atoms with Crippen LogP contribution in [0.4, 0.5) is 5.82 Å². The first-order valence-electron chi connectivity index (χ1n) is 17.9. The van der Waals surface area contributed by atoms with E-state index in [-0.39, 0.29) is 49.6 Å². The maximum atomic E-state index is 14.1. The van der Waals surface area contributed by atoms with Crippen LogP contribution in [-0.2, 0) is 27.3 Å². The fraction of sp³-hybridized carbons (Fsp3) is 0.595. The molecular formula is C37H50N6O7. The minimum absolute atomic E-state index is 0.0236. The Morgan fingerprint density at radius 3 is 2.42 bits per heavy atom. The van der Waals surface area contributed by atoms with Crippen molar-refractivity contribution in [3.05, 3.63) is 35.2 Å². The van der Waals surface area contributed by atoms with Gasteiger partial charge in [0.25, 0.3) is 0 Å². The standard InChI is InChI=1S/C37H50N6O7/c1-24-16-28(50-40-24)19-34(46)42-15-14-41(33(45)17-25-8-5-6-9-25)13-11-32(44)38-21-26-10-7-12-43(22-26)37-27(23-42)18-29-30(39-37)20-31(47-2)36(49-4)35(29)48-3/h16,18,20,25-26H,5-15,17,19,21-23H2,1-4H3,(H,38,44). The molecule has 1 aromatic carbocycles. The number of ether oxygens (including phenoxy) is 3. The van der Waals surface area contributed by atoms with Gasteiger partial charge in [-0.2, -0.15) is 0 Å². The van der Waals surface area contributed by atoms with Crippen LogP contribution in [0.3, 0.4) is 0 Å². The second kappa shape index (κ2) is 16.0. The first-order valence-corrected chi connectivity index (χ1v) is 17.9. The number of piperidine rings is 1. The summed E-state index contributed by atoms with van der Waals surface area (Å²) < 4.78 is 22.7. The number of carbonyl (C=O) groups is 3. The molecule has 0 spiro atoms. The summed E-state index contributed by atoms with van der Waals surface area (Å²) in [5.74, 6) is 3.08. The molecule has 1 saturated carbocycles. The van der Waals surface area contributed by atoms with Crippen molar-refractivity contribution in [1.82, 2.24) is 25.3 Å². The van der Waals surface area contributed by atoms with Gasteiger partial charge in [-0.1, -0.05) is 18.0 Å². The van der Waals surface area contributed by atoms with Crippen LogP contribution in [0.15, 0.2) is 22.7 Å². The van der Waals surface area contributed by atoms with Crippen LogP contribution in [0.25, 0.3) is 10.9 Å². The highest BCUT2D eigenvalue weighted by Crippen LogP contribution is 2.44. The fourth-order valence-electron chi connectivity index (χ4n) is 7.67. The number of rotatable bonds is 7. The average molecular weight is 691 g/mol. The van der Waals surface area contributed by atoms with Gasteiger partial charge in [0.15, 0.2) is 11.5 Å². The number of nitrogens with zero attached hydrogens (tertiary/aromatic N) is 5. The third-order valence-electron chi connectivity index (χ3n) is 10.3. The summed E-state index contributed by atoms with van der Waals surface area (Å²) in [4.78, 5) is 52.0. The van der Waals surface area contributed by atoms with E-state index in [0.29, 0.717) is 72.7 Å². The zero-order valence-electron chi connectivity index (χ0n) is 29.8. The summed E-state index contributed by atoms with van der Waals surface area (Å²) in [7, 11) is 4.73. The molecule has 270 valence electrons. The van der Waals surface area contributed by atoms with E-state index in [0.717, 1.165) is 61.8 Å². The fourth-order valence-corrected chi connectivity index (χ4v) is 7.67. The third kappa shape index (κ3) is 8.08. The van der Waals surface area contributed by atoms with Crippen LogP contribution in [0.5, 0.6) is 17.2 Å². The highest BCUT2D eigenvalue weighted by atomic mass is 16.5. The predicted octanol–water partition coefficient (Wildman–Crippen LogP) is 4.27. The Kier molecular flexibility index (Phi) is 11.3. The molecule has 2 fully saturated rings. The van der Waals surface area contributed by atoms with Crippen molar-refractivity contribution < 1.29 is 33.1 Å². The number of aromatic nitrogens is 2. The minimum Gasteiger partial charge on any atom is -0.493 e. The zero-order chi connectivity index (χ0) is 35.2. The molecule has 13 nitrogen and oxygen atoms in total. The molecule has 2 aliphatic heterocycles. The van der Waals surface area contributed by atoms with Gasteiger partial charge in [-0.25, -0.2) is 4.98 Å². The third-order valence-corrected chi connectivity index (χ3v) is 10.3. The van der Waals surface area contributed by atoms with Gasteiger partial charge in [0.2, 0.25) is 23.5 Å². The molecular weight excluding hydrogens is 640 g/mol. The van der Waals surface area contributed by atoms with Crippen molar-refractivity contribution in [3.8, 4) is 17.2 Å². The van der Waals surface area contributed by atoms with E-state index in [9.17, 15) is 14.4 Å². The number of fused-ring (bicyclic) bond motifs is 5. The number of anilines is 1. The lowest BCUT2D eigenvalue weighted by molar-refractivity contribution is -0.136. The van der Waals surface area contributed by atoms with Crippen LogP contribution in [0.1, 0.15) is 68.4 Å². The molecule has 1 aliphatic carbocycles. The molecule has 3 aromatic rings. The molecule has 13 heteroatoms. The van der Waals surface area contributed by atoms with Crippen molar-refractivity contribution in [3.63, 3.8) is 0 Å². The SMILES string of the molecule is COc1cc2nc3c(cc2c(OC)c1OC)CN(C(=O)Cc1cc(C)no1)CCN(C(=O)CC1CCCC1)CCC(=O)NCC1CCCN3C1. The van der Waals surface area contributed by atoms with E-state index in [2.05, 4.69) is 15.4 Å². The van der Waals surface area contributed by atoms with Gasteiger partial charge in [0.1, 0.15) is 11.6 Å². The Bertz CT molecular complexity index is 1690. The van der Waals surface area contributed by atoms with E-state index >= 15 is 0 Å². The molecule has 6 rings (SSSR count). The van der Waals surface area contributed by atoms with E-state index in [1.807, 2.05) is 19.1 Å². The highest BCUT2D eigenvalue weighted by Gasteiger charge is 2.29. The number of nitrogens with one attached hydrogen (secondary N) is 1. The van der Waals surface area contributed by atoms with Crippen LogP contribution < -0.4 is 24.4 Å². The number of hydrogen-bond donors (Lipinski definition) is 1. The summed E-state index contributed by atoms with van der Waals surface area (Å²) in [6, 6.07) is 5.64. The van der Waals surface area contributed by atoms with E-state index < -0.39 is 0 Å². The largest absolute Gasteiger partial charge is 0.493 e. The van der Waals surface area contributed by atoms with Crippen molar-refractivity contribution in [1.29, 1.82) is 0 Å². The number of amides is 3. The highest BCUT2D eigenvalue weighted by molar-refractivity contribution is 5.92. The van der Waals surface area contributed by atoms with Crippen LogP contribution in [-0.4, -0.2) is 98.3 Å². The molecule has 1 saturated heterocycles. The second-order valence-electron chi connectivity index (χ2n) is 13.9. The number of benzene rings is 1. The Balaban J connectivity index is 1.42. The smallest absolute Gasteiger partial charge is 0.230 e. The number of aryl methyl sites for hydroxylation is 1. The van der Waals surface area contributed by atoms with Gasteiger partial charge < -0.3 is 38.8 Å². The Hall–Kier alpha value is -4.55. The topological polar surface area (TPSA) is 140 Å². The molecule has 1 N–H and O–H groups in total. The van der Waals surface area contributed by atoms with Gasteiger partial charge in [0, 0.05) is 81.7 Å². The molecule has 4 heterocycles. The summed E-state index contributed by atoms with van der Waals surface area (Å²) in [5, 5.41) is 7.85. The number of methoxy groups -OCH3 is 3. The molecule has 2 bridgehead atoms. The molecule has 0 radical (unpaired) electrons.